The Balaban J connectivity index is 1.62. The molecule has 0 unspecified atom stereocenters. The highest BCUT2D eigenvalue weighted by molar-refractivity contribution is 7.07. The van der Waals surface area contributed by atoms with Crippen LogP contribution in [0.3, 0.4) is 0 Å². The van der Waals surface area contributed by atoms with Gasteiger partial charge in [-0.25, -0.2) is 13.8 Å². The molecule has 0 saturated heterocycles. The van der Waals surface area contributed by atoms with E-state index in [1.165, 1.54) is 17.4 Å². The fraction of sp³-hybridized carbons (Fsp3) is 0.167. The normalized spacial score (nSPS) is 13.1. The van der Waals surface area contributed by atoms with Crippen LogP contribution in [0.25, 0.3) is 11.1 Å². The van der Waals surface area contributed by atoms with Crippen LogP contribution in [-0.2, 0) is 19.5 Å². The van der Waals surface area contributed by atoms with Gasteiger partial charge in [0.15, 0.2) is 0 Å². The van der Waals surface area contributed by atoms with Crippen molar-refractivity contribution in [3.8, 4) is 11.1 Å². The maximum absolute atomic E-state index is 14.6. The number of benzene rings is 1. The second-order valence-corrected chi connectivity index (χ2v) is 8.44. The first-order valence-corrected chi connectivity index (χ1v) is 11.2. The first kappa shape index (κ1) is 21.1. The number of amides is 1. The minimum atomic E-state index is -0.817. The Morgan fingerprint density at radius 3 is 2.70 bits per heavy atom. The molecule has 6 nitrogen and oxygen atoms in total. The molecule has 0 spiro atoms. The zero-order valence-corrected chi connectivity index (χ0v) is 18.2. The zero-order valence-electron chi connectivity index (χ0n) is 17.4. The summed E-state index contributed by atoms with van der Waals surface area (Å²) in [6.45, 7) is 0.887. The lowest BCUT2D eigenvalue weighted by Crippen LogP contribution is -2.39. The zero-order chi connectivity index (χ0) is 22.9. The van der Waals surface area contributed by atoms with Gasteiger partial charge < -0.3 is 9.47 Å². The van der Waals surface area contributed by atoms with E-state index in [0.717, 1.165) is 23.4 Å². The van der Waals surface area contributed by atoms with Crippen molar-refractivity contribution in [1.82, 2.24) is 19.4 Å². The number of hydrogen-bond acceptors (Lipinski definition) is 5. The van der Waals surface area contributed by atoms with Gasteiger partial charge in [-0.3, -0.25) is 14.6 Å². The summed E-state index contributed by atoms with van der Waals surface area (Å²) in [5.74, 6) is -1.73. The van der Waals surface area contributed by atoms with Crippen molar-refractivity contribution in [2.75, 3.05) is 6.54 Å². The van der Waals surface area contributed by atoms with Gasteiger partial charge in [0.2, 0.25) is 0 Å². The van der Waals surface area contributed by atoms with Gasteiger partial charge in [-0.15, -0.1) is 11.3 Å². The van der Waals surface area contributed by atoms with E-state index in [0.29, 0.717) is 24.4 Å². The van der Waals surface area contributed by atoms with Gasteiger partial charge in [-0.2, -0.15) is 0 Å². The van der Waals surface area contributed by atoms with E-state index < -0.39 is 11.6 Å². The Kier molecular flexibility index (Phi) is 5.55. The van der Waals surface area contributed by atoms with Gasteiger partial charge in [-0.05, 0) is 35.9 Å². The lowest BCUT2D eigenvalue weighted by Gasteiger charge is -2.31. The van der Waals surface area contributed by atoms with E-state index in [4.69, 9.17) is 0 Å². The number of hydrogen-bond donors (Lipinski definition) is 0. The molecule has 166 valence electrons. The van der Waals surface area contributed by atoms with Crippen molar-refractivity contribution >= 4 is 17.2 Å². The number of thiazole rings is 1. The predicted octanol–water partition coefficient (Wildman–Crippen LogP) is 3.89. The summed E-state index contributed by atoms with van der Waals surface area (Å²) in [6, 6.07) is 10.2. The lowest BCUT2D eigenvalue weighted by atomic mass is 9.98. The van der Waals surface area contributed by atoms with E-state index in [1.54, 1.807) is 38.7 Å². The summed E-state index contributed by atoms with van der Waals surface area (Å²) in [5, 5.41) is 1.69. The predicted molar refractivity (Wildman–Crippen MR) is 120 cm³/mol. The van der Waals surface area contributed by atoms with Gasteiger partial charge in [0.05, 0.1) is 23.3 Å². The van der Waals surface area contributed by atoms with Crippen molar-refractivity contribution in [3.05, 3.63) is 104 Å². The molecule has 5 rings (SSSR count). The number of rotatable bonds is 4. The molecule has 0 atom stereocenters. The summed E-state index contributed by atoms with van der Waals surface area (Å²) >= 11 is 1.34. The highest BCUT2D eigenvalue weighted by Crippen LogP contribution is 2.27. The van der Waals surface area contributed by atoms with Gasteiger partial charge in [0.25, 0.3) is 11.5 Å². The highest BCUT2D eigenvalue weighted by atomic mass is 32.1. The Labute approximate surface area is 191 Å². The van der Waals surface area contributed by atoms with Crippen molar-refractivity contribution in [2.45, 2.75) is 19.5 Å². The summed E-state index contributed by atoms with van der Waals surface area (Å²) in [7, 11) is 0. The maximum atomic E-state index is 14.6. The molecule has 4 heterocycles. The second-order valence-electron chi connectivity index (χ2n) is 7.72. The van der Waals surface area contributed by atoms with Gasteiger partial charge in [0, 0.05) is 48.4 Å². The number of carbonyl (C=O) groups is 1. The van der Waals surface area contributed by atoms with Crippen molar-refractivity contribution in [2.24, 2.45) is 0 Å². The topological polar surface area (TPSA) is 68.1 Å². The molecule has 1 aliphatic rings. The SMILES string of the molecule is O=C(c1cscn1)N1CCc2c(cc(-c3ccc(F)cc3F)c(=O)n2Cc2ccccn2)C1. The Morgan fingerprint density at radius 2 is 1.97 bits per heavy atom. The number of carbonyl (C=O) groups excluding carboxylic acids is 1. The third kappa shape index (κ3) is 4.07. The lowest BCUT2D eigenvalue weighted by molar-refractivity contribution is 0.0727. The number of nitrogens with zero attached hydrogens (tertiary/aromatic N) is 4. The molecule has 9 heteroatoms. The van der Waals surface area contributed by atoms with Crippen LogP contribution < -0.4 is 5.56 Å². The van der Waals surface area contributed by atoms with Gasteiger partial charge in [0.1, 0.15) is 17.3 Å². The minimum absolute atomic E-state index is 0.0157. The molecule has 0 bridgehead atoms. The largest absolute Gasteiger partial charge is 0.333 e. The van der Waals surface area contributed by atoms with Crippen LogP contribution in [-0.4, -0.2) is 31.9 Å². The third-order valence-electron chi connectivity index (χ3n) is 5.68. The van der Waals surface area contributed by atoms with Crippen molar-refractivity contribution in [1.29, 1.82) is 0 Å². The number of aromatic nitrogens is 3. The average molecular weight is 464 g/mol. The fourth-order valence-electron chi connectivity index (χ4n) is 4.09. The van der Waals surface area contributed by atoms with Crippen LogP contribution in [0.2, 0.25) is 0 Å². The summed E-state index contributed by atoms with van der Waals surface area (Å²) in [6.07, 6.45) is 2.10. The molecule has 1 amide bonds. The summed E-state index contributed by atoms with van der Waals surface area (Å²) in [4.78, 5) is 36.4. The number of pyridine rings is 2. The van der Waals surface area contributed by atoms with Crippen LogP contribution in [0, 0.1) is 11.6 Å². The Hall–Kier alpha value is -3.72. The smallest absolute Gasteiger partial charge is 0.273 e. The van der Waals surface area contributed by atoms with E-state index in [1.807, 2.05) is 12.1 Å². The van der Waals surface area contributed by atoms with E-state index in [9.17, 15) is 18.4 Å². The third-order valence-corrected chi connectivity index (χ3v) is 6.26. The molecule has 4 aromatic rings. The van der Waals surface area contributed by atoms with E-state index in [-0.39, 0.29) is 35.7 Å². The molecule has 3 aromatic heterocycles. The first-order chi connectivity index (χ1) is 16.0. The second kappa shape index (κ2) is 8.67. The van der Waals surface area contributed by atoms with Crippen LogP contribution >= 0.6 is 11.3 Å². The quantitative estimate of drug-likeness (QED) is 0.460. The molecule has 0 radical (unpaired) electrons. The molecular formula is C24H18F2N4O2S. The molecule has 1 aromatic carbocycles. The van der Waals surface area contributed by atoms with Crippen LogP contribution in [0.5, 0.6) is 0 Å². The molecular weight excluding hydrogens is 446 g/mol. The van der Waals surface area contributed by atoms with Crippen LogP contribution in [0.4, 0.5) is 8.78 Å². The minimum Gasteiger partial charge on any atom is -0.333 e. The molecule has 0 saturated carbocycles. The van der Waals surface area contributed by atoms with Crippen LogP contribution in [0.15, 0.2) is 64.3 Å². The van der Waals surface area contributed by atoms with E-state index >= 15 is 0 Å². The highest BCUT2D eigenvalue weighted by Gasteiger charge is 2.27. The molecule has 0 N–H and O–H groups in total. The molecule has 1 aliphatic heterocycles. The Bertz CT molecular complexity index is 1390. The monoisotopic (exact) mass is 464 g/mol. The molecule has 0 aliphatic carbocycles. The van der Waals surface area contributed by atoms with Crippen LogP contribution in [0.1, 0.15) is 27.4 Å². The molecule has 33 heavy (non-hydrogen) atoms. The number of fused-ring (bicyclic) bond motifs is 1. The summed E-state index contributed by atoms with van der Waals surface area (Å²) in [5.41, 5.74) is 3.91. The maximum Gasteiger partial charge on any atom is 0.273 e. The summed E-state index contributed by atoms with van der Waals surface area (Å²) < 4.78 is 29.7. The van der Waals surface area contributed by atoms with Crippen molar-refractivity contribution in [3.63, 3.8) is 0 Å². The molecule has 0 fully saturated rings. The van der Waals surface area contributed by atoms with Crippen molar-refractivity contribution < 1.29 is 13.6 Å². The van der Waals surface area contributed by atoms with Gasteiger partial charge >= 0.3 is 0 Å². The standard InChI is InChI=1S/C24H18F2N4O2S/c25-16-4-5-18(20(26)10-16)19-9-15-11-29(24(32)21-13-33-14-28-21)8-6-22(15)30(23(19)31)12-17-3-1-2-7-27-17/h1-5,7,9-10,13-14H,6,8,11-12H2. The van der Waals surface area contributed by atoms with E-state index in [2.05, 4.69) is 9.97 Å². The first-order valence-electron chi connectivity index (χ1n) is 10.3. The Morgan fingerprint density at radius 1 is 1.09 bits per heavy atom. The van der Waals surface area contributed by atoms with Gasteiger partial charge in [-0.1, -0.05) is 6.07 Å². The fourth-order valence-corrected chi connectivity index (χ4v) is 4.62. The average Bonchev–Trinajstić information content (AvgIpc) is 3.36. The number of halogens is 2.